The average molecular weight is 328 g/mol. The fourth-order valence-corrected chi connectivity index (χ4v) is 2.65. The summed E-state index contributed by atoms with van der Waals surface area (Å²) in [6, 6.07) is 8.94. The summed E-state index contributed by atoms with van der Waals surface area (Å²) < 4.78 is 18.8. The van der Waals surface area contributed by atoms with Crippen LogP contribution in [-0.4, -0.2) is 7.11 Å². The number of anilines is 1. The third kappa shape index (κ3) is 3.60. The first-order valence-corrected chi connectivity index (χ1v) is 7.23. The van der Waals surface area contributed by atoms with Gasteiger partial charge in [0, 0.05) is 11.3 Å². The second-order valence-corrected chi connectivity index (χ2v) is 5.68. The number of rotatable bonds is 4. The van der Waals surface area contributed by atoms with Crippen LogP contribution in [0.5, 0.6) is 5.75 Å². The van der Waals surface area contributed by atoms with Crippen molar-refractivity contribution in [3.05, 3.63) is 57.3 Å². The molecule has 1 N–H and O–H groups in total. The molecule has 0 radical (unpaired) electrons. The number of methoxy groups -OCH3 is 1. The first-order chi connectivity index (χ1) is 9.92. The van der Waals surface area contributed by atoms with E-state index in [4.69, 9.17) is 27.9 Å². The zero-order chi connectivity index (χ0) is 15.6. The lowest BCUT2D eigenvalue weighted by Gasteiger charge is -2.19. The molecule has 21 heavy (non-hydrogen) atoms. The average Bonchev–Trinajstić information content (AvgIpc) is 2.44. The molecule has 2 rings (SSSR count). The molecule has 0 heterocycles. The maximum absolute atomic E-state index is 13.4. The molecular formula is C16H16Cl2FNO. The van der Waals surface area contributed by atoms with E-state index in [1.54, 1.807) is 7.11 Å². The van der Waals surface area contributed by atoms with E-state index in [9.17, 15) is 4.39 Å². The van der Waals surface area contributed by atoms with Gasteiger partial charge in [0.25, 0.3) is 0 Å². The van der Waals surface area contributed by atoms with Crippen LogP contribution < -0.4 is 10.1 Å². The highest BCUT2D eigenvalue weighted by Gasteiger charge is 2.14. The summed E-state index contributed by atoms with van der Waals surface area (Å²) in [4.78, 5) is 0. The Morgan fingerprint density at radius 2 is 1.76 bits per heavy atom. The Kier molecular flexibility index (Phi) is 4.96. The number of hydrogen-bond donors (Lipinski definition) is 1. The normalized spacial score (nSPS) is 12.1. The van der Waals surface area contributed by atoms with E-state index in [-0.39, 0.29) is 16.1 Å². The van der Waals surface area contributed by atoms with Crippen molar-refractivity contribution in [2.45, 2.75) is 19.9 Å². The Balaban J connectivity index is 2.30. The van der Waals surface area contributed by atoms with Crippen molar-refractivity contribution >= 4 is 28.9 Å². The molecule has 0 aliphatic carbocycles. The van der Waals surface area contributed by atoms with Crippen LogP contribution in [0.15, 0.2) is 30.3 Å². The molecular weight excluding hydrogens is 312 g/mol. The van der Waals surface area contributed by atoms with Crippen LogP contribution in [0.25, 0.3) is 0 Å². The summed E-state index contributed by atoms with van der Waals surface area (Å²) in [7, 11) is 1.63. The smallest absolute Gasteiger partial charge is 0.160 e. The van der Waals surface area contributed by atoms with Gasteiger partial charge in [-0.3, -0.25) is 0 Å². The van der Waals surface area contributed by atoms with Crippen LogP contribution in [-0.2, 0) is 0 Å². The van der Waals surface area contributed by atoms with E-state index >= 15 is 0 Å². The van der Waals surface area contributed by atoms with E-state index < -0.39 is 5.82 Å². The number of aryl methyl sites for hydroxylation is 1. The van der Waals surface area contributed by atoms with Gasteiger partial charge in [-0.15, -0.1) is 0 Å². The first-order valence-electron chi connectivity index (χ1n) is 6.48. The minimum Gasteiger partial charge on any atom is -0.496 e. The lowest BCUT2D eigenvalue weighted by atomic mass is 10.0. The van der Waals surface area contributed by atoms with E-state index in [1.807, 2.05) is 32.0 Å². The van der Waals surface area contributed by atoms with Crippen molar-refractivity contribution in [1.29, 1.82) is 0 Å². The van der Waals surface area contributed by atoms with Gasteiger partial charge in [-0.25, -0.2) is 4.39 Å². The van der Waals surface area contributed by atoms with E-state index in [0.717, 1.165) is 16.9 Å². The maximum atomic E-state index is 13.4. The standard InChI is InChI=1S/C16H16Cl2FNO/c1-9-4-5-15(21-3)12(6-9)10(2)20-11-7-13(17)16(19)14(18)8-11/h4-8,10,20H,1-3H3. The molecule has 0 saturated heterocycles. The van der Waals surface area contributed by atoms with Crippen molar-refractivity contribution in [2.75, 3.05) is 12.4 Å². The number of hydrogen-bond acceptors (Lipinski definition) is 2. The molecule has 2 aromatic carbocycles. The zero-order valence-corrected chi connectivity index (χ0v) is 13.5. The molecule has 0 aliphatic heterocycles. The van der Waals surface area contributed by atoms with E-state index in [2.05, 4.69) is 5.32 Å². The van der Waals surface area contributed by atoms with Gasteiger partial charge in [0.15, 0.2) is 5.82 Å². The fraction of sp³-hybridized carbons (Fsp3) is 0.250. The highest BCUT2D eigenvalue weighted by Crippen LogP contribution is 2.32. The molecule has 1 atom stereocenters. The molecule has 0 aromatic heterocycles. The van der Waals surface area contributed by atoms with E-state index in [1.165, 1.54) is 12.1 Å². The lowest BCUT2D eigenvalue weighted by Crippen LogP contribution is -2.08. The molecule has 1 unspecified atom stereocenters. The molecule has 0 fully saturated rings. The van der Waals surface area contributed by atoms with Gasteiger partial charge >= 0.3 is 0 Å². The van der Waals surface area contributed by atoms with Crippen molar-refractivity contribution in [2.24, 2.45) is 0 Å². The fourth-order valence-electron chi connectivity index (χ4n) is 2.16. The van der Waals surface area contributed by atoms with E-state index in [0.29, 0.717) is 5.69 Å². The molecule has 0 aliphatic rings. The molecule has 0 bridgehead atoms. The summed E-state index contributed by atoms with van der Waals surface area (Å²) in [5.74, 6) is 0.185. The Morgan fingerprint density at radius 1 is 1.14 bits per heavy atom. The molecule has 112 valence electrons. The van der Waals surface area contributed by atoms with Crippen LogP contribution in [0.4, 0.5) is 10.1 Å². The maximum Gasteiger partial charge on any atom is 0.160 e. The third-order valence-electron chi connectivity index (χ3n) is 3.22. The second-order valence-electron chi connectivity index (χ2n) is 4.87. The summed E-state index contributed by atoms with van der Waals surface area (Å²) >= 11 is 11.6. The van der Waals surface area contributed by atoms with Gasteiger partial charge in [-0.1, -0.05) is 40.9 Å². The van der Waals surface area contributed by atoms with Gasteiger partial charge in [0.05, 0.1) is 23.2 Å². The topological polar surface area (TPSA) is 21.3 Å². The number of nitrogens with one attached hydrogen (secondary N) is 1. The molecule has 0 saturated carbocycles. The number of benzene rings is 2. The molecule has 2 nitrogen and oxygen atoms in total. The Morgan fingerprint density at radius 3 is 2.33 bits per heavy atom. The van der Waals surface area contributed by atoms with Gasteiger partial charge in [0.1, 0.15) is 5.75 Å². The lowest BCUT2D eigenvalue weighted by molar-refractivity contribution is 0.408. The second kappa shape index (κ2) is 6.54. The summed E-state index contributed by atoms with van der Waals surface area (Å²) in [6.07, 6.45) is 0. The molecule has 2 aromatic rings. The minimum absolute atomic E-state index is 0.00610. The van der Waals surface area contributed by atoms with Gasteiger partial charge in [-0.05, 0) is 32.0 Å². The Bertz CT molecular complexity index is 638. The van der Waals surface area contributed by atoms with Gasteiger partial charge < -0.3 is 10.1 Å². The van der Waals surface area contributed by atoms with Crippen LogP contribution in [0.1, 0.15) is 24.1 Å². The predicted molar refractivity (Wildman–Crippen MR) is 86.2 cm³/mol. The van der Waals surface area contributed by atoms with Crippen molar-refractivity contribution in [1.82, 2.24) is 0 Å². The zero-order valence-electron chi connectivity index (χ0n) is 12.0. The summed E-state index contributed by atoms with van der Waals surface area (Å²) in [6.45, 7) is 4.00. The van der Waals surface area contributed by atoms with Crippen LogP contribution >= 0.6 is 23.2 Å². The van der Waals surface area contributed by atoms with Gasteiger partial charge in [0.2, 0.25) is 0 Å². The SMILES string of the molecule is COc1ccc(C)cc1C(C)Nc1cc(Cl)c(F)c(Cl)c1. The molecule has 0 amide bonds. The molecule has 0 spiro atoms. The molecule has 5 heteroatoms. The van der Waals surface area contributed by atoms with Crippen LogP contribution in [0.2, 0.25) is 10.0 Å². The van der Waals surface area contributed by atoms with Crippen molar-refractivity contribution in [3.8, 4) is 5.75 Å². The quantitative estimate of drug-likeness (QED) is 0.735. The summed E-state index contributed by atoms with van der Waals surface area (Å²) in [5, 5.41) is 3.24. The third-order valence-corrected chi connectivity index (χ3v) is 3.77. The Hall–Kier alpha value is -1.45. The minimum atomic E-state index is -0.607. The summed E-state index contributed by atoms with van der Waals surface area (Å²) in [5.41, 5.74) is 2.80. The van der Waals surface area contributed by atoms with Crippen LogP contribution in [0, 0.1) is 12.7 Å². The van der Waals surface area contributed by atoms with Crippen LogP contribution in [0.3, 0.4) is 0 Å². The predicted octanol–water partition coefficient (Wildman–Crippen LogP) is 5.62. The van der Waals surface area contributed by atoms with Gasteiger partial charge in [-0.2, -0.15) is 0 Å². The highest BCUT2D eigenvalue weighted by molar-refractivity contribution is 6.35. The number of ether oxygens (including phenoxy) is 1. The number of halogens is 3. The first kappa shape index (κ1) is 15.9. The highest BCUT2D eigenvalue weighted by atomic mass is 35.5. The monoisotopic (exact) mass is 327 g/mol. The largest absolute Gasteiger partial charge is 0.496 e. The van der Waals surface area contributed by atoms with Crippen molar-refractivity contribution in [3.63, 3.8) is 0 Å². The van der Waals surface area contributed by atoms with Crippen molar-refractivity contribution < 1.29 is 9.13 Å². The Labute approximate surface area is 133 Å².